The van der Waals surface area contributed by atoms with Crippen molar-refractivity contribution < 1.29 is 29.2 Å². The molecule has 0 aromatic heterocycles. The van der Waals surface area contributed by atoms with E-state index in [-0.39, 0.29) is 26.4 Å². The van der Waals surface area contributed by atoms with Gasteiger partial charge in [-0.1, -0.05) is 24.3 Å². The lowest BCUT2D eigenvalue weighted by Gasteiger charge is -2.46. The normalized spacial score (nSPS) is 32.9. The minimum absolute atomic E-state index is 0.180. The SMILES string of the molecule is C=CCOC1[C@@H](O)[C@@H](OCC=C)C(OCC=C)[C@H](OCC=C)[C@H]1O. The van der Waals surface area contributed by atoms with E-state index in [0.717, 1.165) is 0 Å². The maximum Gasteiger partial charge on any atom is 0.115 e. The zero-order chi connectivity index (χ0) is 17.9. The molecule has 1 aliphatic rings. The zero-order valence-corrected chi connectivity index (χ0v) is 14.0. The molecule has 0 bridgehead atoms. The fourth-order valence-electron chi connectivity index (χ4n) is 2.64. The van der Waals surface area contributed by atoms with Crippen molar-refractivity contribution in [2.24, 2.45) is 0 Å². The van der Waals surface area contributed by atoms with E-state index in [1.165, 1.54) is 0 Å². The predicted molar refractivity (Wildman–Crippen MR) is 91.8 cm³/mol. The largest absolute Gasteiger partial charge is 0.387 e. The second-order valence-electron chi connectivity index (χ2n) is 5.33. The van der Waals surface area contributed by atoms with Gasteiger partial charge < -0.3 is 29.2 Å². The Morgan fingerprint density at radius 1 is 0.542 bits per heavy atom. The maximum atomic E-state index is 10.6. The Bertz CT molecular complexity index is 384. The van der Waals surface area contributed by atoms with Crippen LogP contribution in [0.4, 0.5) is 0 Å². The molecular formula is C18H28O6. The van der Waals surface area contributed by atoms with Gasteiger partial charge >= 0.3 is 0 Å². The number of hydrogen-bond acceptors (Lipinski definition) is 6. The van der Waals surface area contributed by atoms with Crippen LogP contribution in [0.15, 0.2) is 50.6 Å². The van der Waals surface area contributed by atoms with Crippen LogP contribution >= 0.6 is 0 Å². The first-order chi connectivity index (χ1) is 11.6. The summed E-state index contributed by atoms with van der Waals surface area (Å²) in [5.74, 6) is 0. The lowest BCUT2D eigenvalue weighted by molar-refractivity contribution is -0.258. The van der Waals surface area contributed by atoms with Gasteiger partial charge in [-0.3, -0.25) is 0 Å². The minimum atomic E-state index is -1.10. The third-order valence-electron chi connectivity index (χ3n) is 3.62. The molecule has 24 heavy (non-hydrogen) atoms. The van der Waals surface area contributed by atoms with Gasteiger partial charge in [0.1, 0.15) is 36.6 Å². The van der Waals surface area contributed by atoms with Gasteiger partial charge in [0.05, 0.1) is 26.4 Å². The van der Waals surface area contributed by atoms with Gasteiger partial charge in [-0.2, -0.15) is 0 Å². The average Bonchev–Trinajstić information content (AvgIpc) is 2.58. The van der Waals surface area contributed by atoms with Crippen LogP contribution in [-0.4, -0.2) is 73.3 Å². The highest BCUT2D eigenvalue weighted by molar-refractivity contribution is 5.03. The van der Waals surface area contributed by atoms with Gasteiger partial charge in [0.2, 0.25) is 0 Å². The van der Waals surface area contributed by atoms with E-state index in [0.29, 0.717) is 0 Å². The van der Waals surface area contributed by atoms with Gasteiger partial charge in [-0.25, -0.2) is 0 Å². The standard InChI is InChI=1S/C18H28O6/c1-5-9-21-15-13(19)16(22-10-6-2)18(24-12-8-4)17(14(15)20)23-11-7-3/h5-8,13-20H,1-4,9-12H2/t13-,14+,15?,16-,17-,18?/m1/s1. The Balaban J connectivity index is 3.05. The van der Waals surface area contributed by atoms with Crippen molar-refractivity contribution in [3.05, 3.63) is 50.6 Å². The fraction of sp³-hybridized carbons (Fsp3) is 0.556. The zero-order valence-electron chi connectivity index (χ0n) is 14.0. The molecule has 6 atom stereocenters. The van der Waals surface area contributed by atoms with Crippen LogP contribution < -0.4 is 0 Å². The van der Waals surface area contributed by atoms with Crippen LogP contribution in [0.3, 0.4) is 0 Å². The summed E-state index contributed by atoms with van der Waals surface area (Å²) in [5, 5.41) is 21.2. The fourth-order valence-corrected chi connectivity index (χ4v) is 2.64. The second-order valence-corrected chi connectivity index (χ2v) is 5.33. The first kappa shape index (κ1) is 20.8. The van der Waals surface area contributed by atoms with Gasteiger partial charge in [0.25, 0.3) is 0 Å². The summed E-state index contributed by atoms with van der Waals surface area (Å²) in [6, 6.07) is 0. The first-order valence-electron chi connectivity index (χ1n) is 7.88. The number of hydrogen-bond donors (Lipinski definition) is 2. The summed E-state index contributed by atoms with van der Waals surface area (Å²) in [4.78, 5) is 0. The lowest BCUT2D eigenvalue weighted by Crippen LogP contribution is -2.66. The molecule has 1 rings (SSSR count). The molecule has 0 radical (unpaired) electrons. The van der Waals surface area contributed by atoms with Crippen molar-refractivity contribution in [2.45, 2.75) is 36.6 Å². The first-order valence-corrected chi connectivity index (χ1v) is 7.88. The Kier molecular flexibility index (Phi) is 9.78. The van der Waals surface area contributed by atoms with Crippen molar-refractivity contribution in [1.82, 2.24) is 0 Å². The topological polar surface area (TPSA) is 77.4 Å². The Labute approximate surface area is 143 Å². The monoisotopic (exact) mass is 340 g/mol. The number of rotatable bonds is 12. The van der Waals surface area contributed by atoms with E-state index in [1.807, 2.05) is 0 Å². The smallest absolute Gasteiger partial charge is 0.115 e. The van der Waals surface area contributed by atoms with Crippen molar-refractivity contribution in [3.8, 4) is 0 Å². The molecule has 0 saturated heterocycles. The van der Waals surface area contributed by atoms with Gasteiger partial charge in [-0.05, 0) is 0 Å². The third-order valence-corrected chi connectivity index (χ3v) is 3.62. The highest BCUT2D eigenvalue weighted by atomic mass is 16.6. The van der Waals surface area contributed by atoms with E-state index in [4.69, 9.17) is 18.9 Å². The highest BCUT2D eigenvalue weighted by Crippen LogP contribution is 2.30. The summed E-state index contributed by atoms with van der Waals surface area (Å²) < 4.78 is 22.6. The van der Waals surface area contributed by atoms with Gasteiger partial charge in [0, 0.05) is 0 Å². The van der Waals surface area contributed by atoms with Crippen molar-refractivity contribution in [1.29, 1.82) is 0 Å². The van der Waals surface area contributed by atoms with E-state index >= 15 is 0 Å². The summed E-state index contributed by atoms with van der Waals surface area (Å²) in [7, 11) is 0. The van der Waals surface area contributed by atoms with Gasteiger partial charge in [-0.15, -0.1) is 26.3 Å². The molecule has 0 amide bonds. The quantitative estimate of drug-likeness (QED) is 0.516. The molecule has 0 spiro atoms. The maximum absolute atomic E-state index is 10.6. The van der Waals surface area contributed by atoms with Crippen molar-refractivity contribution in [3.63, 3.8) is 0 Å². The number of ether oxygens (including phenoxy) is 4. The van der Waals surface area contributed by atoms with Crippen LogP contribution in [-0.2, 0) is 18.9 Å². The van der Waals surface area contributed by atoms with Crippen molar-refractivity contribution >= 4 is 0 Å². The predicted octanol–water partition coefficient (Wildman–Crippen LogP) is 1.01. The summed E-state index contributed by atoms with van der Waals surface area (Å²) in [6.45, 7) is 15.2. The molecule has 6 nitrogen and oxygen atoms in total. The third kappa shape index (κ3) is 5.37. The minimum Gasteiger partial charge on any atom is -0.387 e. The van der Waals surface area contributed by atoms with Crippen molar-refractivity contribution in [2.75, 3.05) is 26.4 Å². The number of aliphatic hydroxyl groups excluding tert-OH is 2. The molecule has 0 heterocycles. The van der Waals surface area contributed by atoms with E-state index in [9.17, 15) is 10.2 Å². The molecule has 136 valence electrons. The molecule has 0 aliphatic heterocycles. The Hall–Kier alpha value is -1.28. The molecule has 0 aromatic carbocycles. The molecule has 2 N–H and O–H groups in total. The van der Waals surface area contributed by atoms with Crippen LogP contribution in [0.5, 0.6) is 0 Å². The van der Waals surface area contributed by atoms with E-state index in [1.54, 1.807) is 24.3 Å². The molecule has 1 aliphatic carbocycles. The molecule has 1 fully saturated rings. The Morgan fingerprint density at radius 3 is 1.17 bits per heavy atom. The van der Waals surface area contributed by atoms with E-state index < -0.39 is 36.6 Å². The lowest BCUT2D eigenvalue weighted by atomic mass is 9.84. The molecule has 2 unspecified atom stereocenters. The Morgan fingerprint density at radius 2 is 0.833 bits per heavy atom. The van der Waals surface area contributed by atoms with Crippen LogP contribution in [0.2, 0.25) is 0 Å². The van der Waals surface area contributed by atoms with Crippen LogP contribution in [0, 0.1) is 0 Å². The second kappa shape index (κ2) is 11.3. The highest BCUT2D eigenvalue weighted by Gasteiger charge is 2.52. The molecule has 1 saturated carbocycles. The summed E-state index contributed by atoms with van der Waals surface area (Å²) >= 11 is 0. The van der Waals surface area contributed by atoms with Crippen LogP contribution in [0.1, 0.15) is 0 Å². The average molecular weight is 340 g/mol. The van der Waals surface area contributed by atoms with E-state index in [2.05, 4.69) is 26.3 Å². The summed E-state index contributed by atoms with van der Waals surface area (Å²) in [6.07, 6.45) is 0.965. The molecule has 0 aromatic rings. The molecular weight excluding hydrogens is 312 g/mol. The van der Waals surface area contributed by atoms with Gasteiger partial charge in [0.15, 0.2) is 0 Å². The van der Waals surface area contributed by atoms with Crippen LogP contribution in [0.25, 0.3) is 0 Å². The summed E-state index contributed by atoms with van der Waals surface area (Å²) in [5.41, 5.74) is 0. The number of aliphatic hydroxyl groups is 2. The molecule has 6 heteroatoms.